The molecule has 0 aromatic carbocycles. The summed E-state index contributed by atoms with van der Waals surface area (Å²) in [5.41, 5.74) is -0.0605. The van der Waals surface area contributed by atoms with Crippen LogP contribution in [-0.4, -0.2) is 21.8 Å². The van der Waals surface area contributed by atoms with Gasteiger partial charge in [-0.3, -0.25) is 14.9 Å². The van der Waals surface area contributed by atoms with Crippen molar-refractivity contribution in [1.29, 1.82) is 0 Å². The molecular weight excluding hydrogens is 258 g/mol. The lowest BCUT2D eigenvalue weighted by Gasteiger charge is -2.10. The van der Waals surface area contributed by atoms with Crippen LogP contribution >= 0.6 is 11.8 Å². The van der Waals surface area contributed by atoms with Crippen molar-refractivity contribution in [1.82, 2.24) is 0 Å². The van der Waals surface area contributed by atoms with Crippen molar-refractivity contribution in [2.45, 2.75) is 25.0 Å². The molecule has 1 fully saturated rings. The number of hydrogen-bond donors (Lipinski definition) is 1. The van der Waals surface area contributed by atoms with E-state index in [2.05, 4.69) is 0 Å². The van der Waals surface area contributed by atoms with Crippen molar-refractivity contribution in [3.8, 4) is 0 Å². The van der Waals surface area contributed by atoms with Crippen LogP contribution in [-0.2, 0) is 10.5 Å². The minimum absolute atomic E-state index is 0.0605. The smallest absolute Gasteiger partial charge is 0.433 e. The topological polar surface area (TPSA) is 93.6 Å². The quantitative estimate of drug-likeness (QED) is 0.605. The Bertz CT molecular complexity index is 466. The number of rotatable bonds is 7. The fourth-order valence-corrected chi connectivity index (χ4v) is 3.06. The summed E-state index contributed by atoms with van der Waals surface area (Å²) >= 11 is 1.56. The molecule has 1 aromatic heterocycles. The van der Waals surface area contributed by atoms with Gasteiger partial charge in [0.1, 0.15) is 10.7 Å². The van der Waals surface area contributed by atoms with Gasteiger partial charge in [0, 0.05) is 0 Å². The summed E-state index contributed by atoms with van der Waals surface area (Å²) in [5.74, 6) is 0.833. The molecule has 6 nitrogen and oxygen atoms in total. The minimum atomic E-state index is -0.762. The molecule has 18 heavy (non-hydrogen) atoms. The second kappa shape index (κ2) is 5.01. The minimum Gasteiger partial charge on any atom is -0.481 e. The predicted octanol–water partition coefficient (Wildman–Crippen LogP) is 2.68. The van der Waals surface area contributed by atoms with Crippen molar-refractivity contribution in [2.24, 2.45) is 5.41 Å². The molecule has 0 amide bonds. The fraction of sp³-hybridized carbons (Fsp3) is 0.545. The first-order chi connectivity index (χ1) is 8.51. The van der Waals surface area contributed by atoms with E-state index in [0.29, 0.717) is 11.5 Å². The number of carboxylic acid groups (broad SMARTS) is 1. The summed E-state index contributed by atoms with van der Waals surface area (Å²) in [4.78, 5) is 20.5. The van der Waals surface area contributed by atoms with Gasteiger partial charge in [0.2, 0.25) is 0 Å². The van der Waals surface area contributed by atoms with Crippen molar-refractivity contribution < 1.29 is 19.2 Å². The van der Waals surface area contributed by atoms with Gasteiger partial charge in [-0.05, 0) is 30.1 Å². The molecule has 1 saturated carbocycles. The van der Waals surface area contributed by atoms with Crippen LogP contribution in [0.1, 0.15) is 25.0 Å². The van der Waals surface area contributed by atoms with E-state index in [4.69, 9.17) is 9.52 Å². The number of nitrogens with zero attached hydrogens (tertiary/aromatic N) is 1. The van der Waals surface area contributed by atoms with Gasteiger partial charge < -0.3 is 9.52 Å². The zero-order valence-corrected chi connectivity index (χ0v) is 10.4. The number of aliphatic carboxylic acids is 1. The Hall–Kier alpha value is -1.50. The molecule has 0 spiro atoms. The molecule has 0 atom stereocenters. The maximum absolute atomic E-state index is 10.7. The SMILES string of the molecule is O=C(O)CC1(CSCc2ccc([N+](=O)[O-])o2)CC1. The van der Waals surface area contributed by atoms with Crippen LogP contribution in [0.25, 0.3) is 0 Å². The first-order valence-electron chi connectivity index (χ1n) is 5.53. The van der Waals surface area contributed by atoms with E-state index in [-0.39, 0.29) is 17.7 Å². The van der Waals surface area contributed by atoms with E-state index in [9.17, 15) is 14.9 Å². The van der Waals surface area contributed by atoms with Gasteiger partial charge in [0.15, 0.2) is 0 Å². The van der Waals surface area contributed by atoms with Crippen LogP contribution in [0.5, 0.6) is 0 Å². The molecule has 0 radical (unpaired) electrons. The standard InChI is InChI=1S/C11H13NO5S/c13-10(14)5-11(3-4-11)7-18-6-8-1-2-9(17-8)12(15)16/h1-2H,3-7H2,(H,13,14). The van der Waals surface area contributed by atoms with Gasteiger partial charge in [0.05, 0.1) is 18.2 Å². The largest absolute Gasteiger partial charge is 0.481 e. The molecule has 0 unspecified atom stereocenters. The van der Waals surface area contributed by atoms with E-state index < -0.39 is 10.9 Å². The maximum atomic E-state index is 10.7. The monoisotopic (exact) mass is 271 g/mol. The summed E-state index contributed by atoms with van der Waals surface area (Å²) in [7, 11) is 0. The molecule has 1 aromatic rings. The van der Waals surface area contributed by atoms with Crippen molar-refractivity contribution in [2.75, 3.05) is 5.75 Å². The Morgan fingerprint density at radius 3 is 2.78 bits per heavy atom. The zero-order chi connectivity index (χ0) is 13.2. The lowest BCUT2D eigenvalue weighted by atomic mass is 10.1. The number of carboxylic acids is 1. The molecular formula is C11H13NO5S. The third kappa shape index (κ3) is 3.25. The molecule has 0 bridgehead atoms. The molecule has 7 heteroatoms. The van der Waals surface area contributed by atoms with Crippen molar-refractivity contribution in [3.63, 3.8) is 0 Å². The molecule has 1 heterocycles. The van der Waals surface area contributed by atoms with Gasteiger partial charge >= 0.3 is 11.9 Å². The average molecular weight is 271 g/mol. The highest BCUT2D eigenvalue weighted by molar-refractivity contribution is 7.98. The van der Waals surface area contributed by atoms with Gasteiger partial charge in [-0.2, -0.15) is 11.8 Å². The van der Waals surface area contributed by atoms with Gasteiger partial charge in [-0.1, -0.05) is 0 Å². The van der Waals surface area contributed by atoms with E-state index in [0.717, 1.165) is 18.6 Å². The first kappa shape index (κ1) is 12.9. The normalized spacial score (nSPS) is 16.4. The highest BCUT2D eigenvalue weighted by Gasteiger charge is 2.44. The number of furan rings is 1. The lowest BCUT2D eigenvalue weighted by Crippen LogP contribution is -2.11. The van der Waals surface area contributed by atoms with Crippen molar-refractivity contribution >= 4 is 23.6 Å². The third-order valence-corrected chi connectivity index (χ3v) is 4.27. The van der Waals surface area contributed by atoms with Gasteiger partial charge in [-0.25, -0.2) is 0 Å². The van der Waals surface area contributed by atoms with Crippen LogP contribution in [0.2, 0.25) is 0 Å². The number of carbonyl (C=O) groups is 1. The maximum Gasteiger partial charge on any atom is 0.433 e. The van der Waals surface area contributed by atoms with E-state index in [1.807, 2.05) is 0 Å². The number of thioether (sulfide) groups is 1. The molecule has 1 aliphatic carbocycles. The van der Waals surface area contributed by atoms with Crippen molar-refractivity contribution in [3.05, 3.63) is 28.0 Å². The van der Waals surface area contributed by atoms with Crippen LogP contribution < -0.4 is 0 Å². The predicted molar refractivity (Wildman–Crippen MR) is 65.4 cm³/mol. The Kier molecular flexibility index (Phi) is 3.60. The second-order valence-corrected chi connectivity index (χ2v) is 5.55. The molecule has 2 rings (SSSR count). The van der Waals surface area contributed by atoms with Crippen LogP contribution in [0.15, 0.2) is 16.5 Å². The lowest BCUT2D eigenvalue weighted by molar-refractivity contribution is -0.402. The Morgan fingerprint density at radius 2 is 2.28 bits per heavy atom. The molecule has 1 N–H and O–H groups in total. The summed E-state index contributed by atoms with van der Waals surface area (Å²) in [6.07, 6.45) is 2.10. The van der Waals surface area contributed by atoms with E-state index >= 15 is 0 Å². The Labute approximate surface area is 108 Å². The van der Waals surface area contributed by atoms with Crippen LogP contribution in [0.4, 0.5) is 5.88 Å². The summed E-state index contributed by atoms with van der Waals surface area (Å²) in [5, 5.41) is 19.2. The third-order valence-electron chi connectivity index (χ3n) is 2.96. The molecule has 98 valence electrons. The van der Waals surface area contributed by atoms with Crippen LogP contribution in [0.3, 0.4) is 0 Å². The molecule has 0 saturated heterocycles. The fourth-order valence-electron chi connectivity index (χ4n) is 1.78. The number of nitro groups is 1. The van der Waals surface area contributed by atoms with E-state index in [1.54, 1.807) is 17.8 Å². The summed E-state index contributed by atoms with van der Waals surface area (Å²) < 4.78 is 5.03. The van der Waals surface area contributed by atoms with Gasteiger partial charge in [-0.15, -0.1) is 0 Å². The molecule has 1 aliphatic rings. The van der Waals surface area contributed by atoms with Crippen LogP contribution in [0, 0.1) is 15.5 Å². The summed E-state index contributed by atoms with van der Waals surface area (Å²) in [6, 6.07) is 2.92. The molecule has 0 aliphatic heterocycles. The highest BCUT2D eigenvalue weighted by atomic mass is 32.2. The number of hydrogen-bond acceptors (Lipinski definition) is 5. The Balaban J connectivity index is 1.78. The summed E-state index contributed by atoms with van der Waals surface area (Å²) in [6.45, 7) is 0. The highest BCUT2D eigenvalue weighted by Crippen LogP contribution is 2.51. The Morgan fingerprint density at radius 1 is 1.56 bits per heavy atom. The zero-order valence-electron chi connectivity index (χ0n) is 9.63. The van der Waals surface area contributed by atoms with E-state index in [1.165, 1.54) is 6.07 Å². The second-order valence-electron chi connectivity index (χ2n) is 4.56. The first-order valence-corrected chi connectivity index (χ1v) is 6.69. The average Bonchev–Trinajstić information content (AvgIpc) is 2.86. The van der Waals surface area contributed by atoms with Gasteiger partial charge in [0.25, 0.3) is 0 Å².